The lowest BCUT2D eigenvalue weighted by molar-refractivity contribution is 0.0687. The number of carboxylic acid groups (broad SMARTS) is 2. The number of rotatable bonds is 14. The summed E-state index contributed by atoms with van der Waals surface area (Å²) in [5, 5.41) is 50.2. The summed E-state index contributed by atoms with van der Waals surface area (Å²) >= 11 is 1.98. The van der Waals surface area contributed by atoms with Crippen molar-refractivity contribution >= 4 is 77.8 Å². The Hall–Kier alpha value is -6.81. The molecule has 336 valence electrons. The quantitative estimate of drug-likeness (QED) is 0.102. The van der Waals surface area contributed by atoms with Gasteiger partial charge in [0.25, 0.3) is 11.8 Å². The molecule has 1 aliphatic heterocycles. The van der Waals surface area contributed by atoms with Gasteiger partial charge in [-0.15, -0.1) is 22.7 Å². The minimum Gasteiger partial charge on any atom is -0.478 e. The maximum absolute atomic E-state index is 13.4. The van der Waals surface area contributed by atoms with Gasteiger partial charge in [-0.25, -0.2) is 26.4 Å². The highest BCUT2D eigenvalue weighted by Gasteiger charge is 2.32. The van der Waals surface area contributed by atoms with Crippen LogP contribution in [0.2, 0.25) is 0 Å². The molecular weight excluding hydrogens is 917 g/mol. The van der Waals surface area contributed by atoms with E-state index in [4.69, 9.17) is 15.8 Å². The predicted molar refractivity (Wildman–Crippen MR) is 241 cm³/mol. The molecule has 1 fully saturated rings. The van der Waals surface area contributed by atoms with Crippen LogP contribution < -0.4 is 10.6 Å². The third kappa shape index (κ3) is 11.9. The SMILES string of the molecule is Cc1sc(C(=O)Nc2ccc(C#N)cc2C(=O)O)cc1S(=O)(=O)N(C)CCC#N.Cc1sc(C(=O)Nc2ccc(C#N)cc2C(=O)O)cc1S(=O)(=O)N1CCN(Cc2ccccc2)CC1. The second kappa shape index (κ2) is 21.2. The summed E-state index contributed by atoms with van der Waals surface area (Å²) in [6, 6.07) is 25.8. The Labute approximate surface area is 382 Å². The number of thiophene rings is 2. The van der Waals surface area contributed by atoms with E-state index < -0.39 is 43.8 Å². The molecule has 3 aromatic carbocycles. The molecule has 3 heterocycles. The predicted octanol–water partition coefficient (Wildman–Crippen LogP) is 5.80. The van der Waals surface area contributed by atoms with Crippen LogP contribution >= 0.6 is 22.7 Å². The van der Waals surface area contributed by atoms with Gasteiger partial charge in [0, 0.05) is 62.5 Å². The van der Waals surface area contributed by atoms with Crippen LogP contribution in [0.1, 0.15) is 72.9 Å². The van der Waals surface area contributed by atoms with Crippen molar-refractivity contribution in [3.63, 3.8) is 0 Å². The number of carbonyl (C=O) groups is 4. The number of nitrogens with zero attached hydrogens (tertiary/aromatic N) is 6. The van der Waals surface area contributed by atoms with Crippen molar-refractivity contribution in [2.45, 2.75) is 36.6 Å². The Balaban J connectivity index is 0.000000250. The maximum Gasteiger partial charge on any atom is 0.337 e. The fourth-order valence-electron chi connectivity index (χ4n) is 6.44. The Bertz CT molecular complexity index is 3000. The van der Waals surface area contributed by atoms with Gasteiger partial charge in [-0.1, -0.05) is 30.3 Å². The van der Waals surface area contributed by atoms with Crippen molar-refractivity contribution in [2.75, 3.05) is 50.4 Å². The lowest BCUT2D eigenvalue weighted by atomic mass is 10.1. The van der Waals surface area contributed by atoms with Gasteiger partial charge in [-0.2, -0.15) is 24.4 Å². The topological polar surface area (TPSA) is 282 Å². The van der Waals surface area contributed by atoms with Gasteiger partial charge in [0.2, 0.25) is 20.0 Å². The average Bonchev–Trinajstić information content (AvgIpc) is 3.90. The summed E-state index contributed by atoms with van der Waals surface area (Å²) in [6.45, 7) is 5.86. The highest BCUT2D eigenvalue weighted by Crippen LogP contribution is 2.31. The zero-order chi connectivity index (χ0) is 47.6. The molecule has 0 bridgehead atoms. The number of nitriles is 3. The van der Waals surface area contributed by atoms with Crippen molar-refractivity contribution in [3.05, 3.63) is 126 Å². The lowest BCUT2D eigenvalue weighted by Crippen LogP contribution is -2.48. The molecule has 2 aromatic heterocycles. The largest absolute Gasteiger partial charge is 0.478 e. The molecule has 4 N–H and O–H groups in total. The first-order valence-electron chi connectivity index (χ1n) is 19.3. The number of sulfonamides is 2. The number of anilines is 2. The Morgan fingerprint density at radius 3 is 1.65 bits per heavy atom. The van der Waals surface area contributed by atoms with Crippen LogP contribution in [0, 0.1) is 47.8 Å². The smallest absolute Gasteiger partial charge is 0.337 e. The van der Waals surface area contributed by atoms with Crippen LogP contribution in [-0.2, 0) is 26.6 Å². The molecule has 6 rings (SSSR count). The van der Waals surface area contributed by atoms with E-state index in [-0.39, 0.29) is 66.1 Å². The van der Waals surface area contributed by atoms with E-state index in [1.54, 1.807) is 13.8 Å². The van der Waals surface area contributed by atoms with Gasteiger partial charge in [-0.05, 0) is 67.9 Å². The van der Waals surface area contributed by atoms with Crippen LogP contribution in [0.15, 0.2) is 88.7 Å². The normalized spacial score (nSPS) is 13.1. The van der Waals surface area contributed by atoms with Crippen molar-refractivity contribution in [2.24, 2.45) is 0 Å². The summed E-state index contributed by atoms with van der Waals surface area (Å²) in [6.07, 6.45) is 0.0307. The fraction of sp³-hybridized carbons (Fsp3) is 0.233. The van der Waals surface area contributed by atoms with Gasteiger partial charge < -0.3 is 20.8 Å². The third-order valence-corrected chi connectivity index (χ3v) is 16.2. The Morgan fingerprint density at radius 2 is 1.18 bits per heavy atom. The highest BCUT2D eigenvalue weighted by molar-refractivity contribution is 7.89. The standard InChI is InChI=1S/C25H24N4O5S2.C18H16N4O5S2/c1-17-23(36(33,34)29-11-9-28(10-12-29)16-18-5-3-2-4-6-18)14-22(35-17)24(30)27-21-8-7-19(15-26)13-20(21)25(31)32;1-11-16(29(26,27)22(2)7-3-6-19)9-15(28-11)17(23)21-14-5-4-12(10-20)8-13(14)18(24)25/h2-8,13-14H,9-12,16H2,1H3,(H,27,30)(H,31,32);4-5,8-9H,3,7H2,1-2H3,(H,21,23)(H,24,25). The number of piperazine rings is 1. The first-order valence-corrected chi connectivity index (χ1v) is 23.8. The molecule has 2 amide bonds. The molecule has 65 heavy (non-hydrogen) atoms. The molecule has 0 unspecified atom stereocenters. The summed E-state index contributed by atoms with van der Waals surface area (Å²) in [4.78, 5) is 51.7. The molecule has 0 aliphatic carbocycles. The van der Waals surface area contributed by atoms with E-state index in [1.807, 2.05) is 48.5 Å². The molecule has 0 spiro atoms. The molecule has 0 atom stereocenters. The van der Waals surface area contributed by atoms with Crippen LogP contribution in [0.3, 0.4) is 0 Å². The van der Waals surface area contributed by atoms with Crippen LogP contribution in [0.5, 0.6) is 0 Å². The fourth-order valence-corrected chi connectivity index (χ4v) is 11.9. The zero-order valence-electron chi connectivity index (χ0n) is 34.9. The number of hydrogen-bond donors (Lipinski definition) is 4. The average molecular weight is 957 g/mol. The molecule has 1 saturated heterocycles. The summed E-state index contributed by atoms with van der Waals surface area (Å²) in [5.41, 5.74) is 0.980. The van der Waals surface area contributed by atoms with E-state index >= 15 is 0 Å². The zero-order valence-corrected chi connectivity index (χ0v) is 38.2. The van der Waals surface area contributed by atoms with E-state index in [1.165, 1.54) is 59.4 Å². The number of nitrogens with one attached hydrogen (secondary N) is 2. The third-order valence-electron chi connectivity index (χ3n) is 9.87. The minimum absolute atomic E-state index is 0.0110. The molecular formula is C43H40N8O10S4. The van der Waals surface area contributed by atoms with E-state index in [9.17, 15) is 46.2 Å². The number of aryl methyl sites for hydroxylation is 2. The monoisotopic (exact) mass is 956 g/mol. The maximum atomic E-state index is 13.4. The summed E-state index contributed by atoms with van der Waals surface area (Å²) in [7, 11) is -6.33. The summed E-state index contributed by atoms with van der Waals surface area (Å²) < 4.78 is 54.5. The molecule has 0 saturated carbocycles. The van der Waals surface area contributed by atoms with E-state index in [0.717, 1.165) is 39.6 Å². The van der Waals surface area contributed by atoms with Crippen LogP contribution in [-0.4, -0.2) is 104 Å². The molecule has 5 aromatic rings. The van der Waals surface area contributed by atoms with E-state index in [2.05, 4.69) is 15.5 Å². The van der Waals surface area contributed by atoms with Crippen molar-refractivity contribution < 1.29 is 46.2 Å². The van der Waals surface area contributed by atoms with Gasteiger partial charge in [0.1, 0.15) is 0 Å². The number of amides is 2. The Morgan fingerprint density at radius 1 is 0.708 bits per heavy atom. The number of aromatic carboxylic acids is 2. The van der Waals surface area contributed by atoms with Crippen molar-refractivity contribution in [3.8, 4) is 18.2 Å². The number of benzene rings is 3. The molecule has 22 heteroatoms. The van der Waals surface area contributed by atoms with E-state index in [0.29, 0.717) is 35.9 Å². The second-order valence-corrected chi connectivity index (χ2v) is 20.7. The van der Waals surface area contributed by atoms with Gasteiger partial charge >= 0.3 is 11.9 Å². The van der Waals surface area contributed by atoms with Crippen molar-refractivity contribution in [1.29, 1.82) is 15.8 Å². The first kappa shape index (κ1) is 49.2. The summed E-state index contributed by atoms with van der Waals surface area (Å²) in [5.74, 6) is -3.91. The first-order chi connectivity index (χ1) is 30.8. The minimum atomic E-state index is -3.88. The number of carbonyl (C=O) groups excluding carboxylic acids is 2. The van der Waals surface area contributed by atoms with Crippen LogP contribution in [0.4, 0.5) is 11.4 Å². The molecule has 18 nitrogen and oxygen atoms in total. The molecule has 0 radical (unpaired) electrons. The highest BCUT2D eigenvalue weighted by atomic mass is 32.2. The number of carboxylic acids is 2. The Kier molecular flexibility index (Phi) is 16.1. The van der Waals surface area contributed by atoms with Gasteiger partial charge in [0.15, 0.2) is 0 Å². The van der Waals surface area contributed by atoms with Gasteiger partial charge in [0.05, 0.1) is 71.4 Å². The second-order valence-electron chi connectivity index (χ2n) is 14.2. The van der Waals surface area contributed by atoms with Crippen molar-refractivity contribution in [1.82, 2.24) is 13.5 Å². The molecule has 1 aliphatic rings. The van der Waals surface area contributed by atoms with Gasteiger partial charge in [-0.3, -0.25) is 14.5 Å². The number of hydrogen-bond acceptors (Lipinski definition) is 14. The van der Waals surface area contributed by atoms with Crippen LogP contribution in [0.25, 0.3) is 0 Å². The lowest BCUT2D eigenvalue weighted by Gasteiger charge is -2.34.